The number of rotatable bonds is 4. The van der Waals surface area contributed by atoms with Crippen molar-refractivity contribution >= 4 is 22.4 Å². The van der Waals surface area contributed by atoms with Crippen LogP contribution in [0.1, 0.15) is 10.5 Å². The Labute approximate surface area is 105 Å². The highest BCUT2D eigenvalue weighted by molar-refractivity contribution is 6.07. The van der Waals surface area contributed by atoms with Crippen LogP contribution in [-0.4, -0.2) is 31.2 Å². The Morgan fingerprint density at radius 3 is 3.00 bits per heavy atom. The molecule has 5 heteroatoms. The number of anilines is 1. The minimum atomic E-state index is -0.219. The van der Waals surface area contributed by atoms with Gasteiger partial charge in [0.1, 0.15) is 5.69 Å². The molecule has 1 aromatic carbocycles. The van der Waals surface area contributed by atoms with E-state index in [4.69, 9.17) is 10.5 Å². The summed E-state index contributed by atoms with van der Waals surface area (Å²) in [7, 11) is 1.59. The van der Waals surface area contributed by atoms with Crippen molar-refractivity contribution in [1.82, 2.24) is 10.3 Å². The number of carbonyl (C=O) groups excluding carboxylic acids is 1. The van der Waals surface area contributed by atoms with Gasteiger partial charge in [-0.1, -0.05) is 12.1 Å². The maximum atomic E-state index is 12.0. The molecule has 0 fully saturated rings. The summed E-state index contributed by atoms with van der Waals surface area (Å²) in [5.41, 5.74) is 6.89. The summed E-state index contributed by atoms with van der Waals surface area (Å²) in [5, 5.41) is 4.34. The summed E-state index contributed by atoms with van der Waals surface area (Å²) in [6.07, 6.45) is 1.59. The first-order chi connectivity index (χ1) is 8.74. The highest BCUT2D eigenvalue weighted by Crippen LogP contribution is 2.22. The highest BCUT2D eigenvalue weighted by atomic mass is 16.5. The van der Waals surface area contributed by atoms with Gasteiger partial charge in [-0.15, -0.1) is 0 Å². The quantitative estimate of drug-likeness (QED) is 0.626. The van der Waals surface area contributed by atoms with Gasteiger partial charge in [0.2, 0.25) is 0 Å². The molecule has 0 spiro atoms. The van der Waals surface area contributed by atoms with Crippen molar-refractivity contribution in [2.24, 2.45) is 0 Å². The smallest absolute Gasteiger partial charge is 0.270 e. The molecule has 0 aliphatic carbocycles. The number of hydrogen-bond donors (Lipinski definition) is 2. The second-order valence-corrected chi connectivity index (χ2v) is 3.85. The van der Waals surface area contributed by atoms with Crippen molar-refractivity contribution in [2.75, 3.05) is 26.0 Å². The summed E-state index contributed by atoms with van der Waals surface area (Å²) >= 11 is 0. The molecule has 0 saturated carbocycles. The molecule has 0 atom stereocenters. The van der Waals surface area contributed by atoms with Gasteiger partial charge in [-0.25, -0.2) is 0 Å². The number of nitrogen functional groups attached to an aromatic ring is 1. The topological polar surface area (TPSA) is 77.2 Å². The second kappa shape index (κ2) is 5.46. The van der Waals surface area contributed by atoms with Crippen molar-refractivity contribution in [3.05, 3.63) is 36.2 Å². The van der Waals surface area contributed by atoms with Gasteiger partial charge in [-0.3, -0.25) is 9.78 Å². The number of aromatic nitrogens is 1. The highest BCUT2D eigenvalue weighted by Gasteiger charge is 2.11. The minimum absolute atomic E-state index is 0.219. The van der Waals surface area contributed by atoms with Crippen LogP contribution in [-0.2, 0) is 4.74 Å². The predicted octanol–water partition coefficient (Wildman–Crippen LogP) is 1.19. The fourth-order valence-electron chi connectivity index (χ4n) is 1.76. The second-order valence-electron chi connectivity index (χ2n) is 3.85. The zero-order chi connectivity index (χ0) is 13.0. The molecule has 0 unspecified atom stereocenters. The molecule has 0 aliphatic rings. The summed E-state index contributed by atoms with van der Waals surface area (Å²) in [6, 6.07) is 7.25. The van der Waals surface area contributed by atoms with Crippen LogP contribution < -0.4 is 11.1 Å². The molecule has 2 rings (SSSR count). The van der Waals surface area contributed by atoms with Crippen LogP contribution >= 0.6 is 0 Å². The summed E-state index contributed by atoms with van der Waals surface area (Å²) in [6.45, 7) is 0.925. The number of hydrogen-bond acceptors (Lipinski definition) is 4. The molecule has 0 saturated heterocycles. The number of methoxy groups -OCH3 is 1. The lowest BCUT2D eigenvalue weighted by Crippen LogP contribution is -2.27. The number of carbonyl (C=O) groups is 1. The van der Waals surface area contributed by atoms with Crippen LogP contribution in [0, 0.1) is 0 Å². The summed E-state index contributed by atoms with van der Waals surface area (Å²) in [4.78, 5) is 16.1. The first-order valence-corrected chi connectivity index (χ1v) is 5.64. The monoisotopic (exact) mass is 245 g/mol. The number of nitrogens with one attached hydrogen (secondary N) is 1. The van der Waals surface area contributed by atoms with E-state index in [1.165, 1.54) is 0 Å². The summed E-state index contributed by atoms with van der Waals surface area (Å²) in [5.74, 6) is -0.219. The molecule has 0 radical (unpaired) electrons. The van der Waals surface area contributed by atoms with Crippen molar-refractivity contribution in [3.63, 3.8) is 0 Å². The lowest BCUT2D eigenvalue weighted by molar-refractivity contribution is 0.0934. The van der Waals surface area contributed by atoms with E-state index in [9.17, 15) is 4.79 Å². The number of pyridine rings is 1. The fourth-order valence-corrected chi connectivity index (χ4v) is 1.76. The number of amides is 1. The lowest BCUT2D eigenvalue weighted by atomic mass is 10.1. The first-order valence-electron chi connectivity index (χ1n) is 5.64. The van der Waals surface area contributed by atoms with E-state index in [2.05, 4.69) is 10.3 Å². The van der Waals surface area contributed by atoms with Crippen molar-refractivity contribution in [1.29, 1.82) is 0 Å². The normalized spacial score (nSPS) is 10.5. The standard InChI is InChI=1S/C13H15N3O2/c1-18-8-7-16-13(17)12-10-3-2-4-11(14)9(10)5-6-15-12/h2-6H,7-8,14H2,1H3,(H,16,17). The maximum Gasteiger partial charge on any atom is 0.270 e. The fraction of sp³-hybridized carbons (Fsp3) is 0.231. The van der Waals surface area contributed by atoms with Gasteiger partial charge in [0, 0.05) is 36.3 Å². The zero-order valence-electron chi connectivity index (χ0n) is 10.1. The largest absolute Gasteiger partial charge is 0.398 e. The van der Waals surface area contributed by atoms with Gasteiger partial charge in [0.15, 0.2) is 0 Å². The van der Waals surface area contributed by atoms with E-state index >= 15 is 0 Å². The maximum absolute atomic E-state index is 12.0. The molecule has 2 aromatic rings. The molecule has 0 bridgehead atoms. The molecular formula is C13H15N3O2. The van der Waals surface area contributed by atoms with E-state index in [-0.39, 0.29) is 5.91 Å². The molecule has 1 aromatic heterocycles. The zero-order valence-corrected chi connectivity index (χ0v) is 10.1. The number of fused-ring (bicyclic) bond motifs is 1. The molecule has 1 heterocycles. The third-order valence-electron chi connectivity index (χ3n) is 2.65. The summed E-state index contributed by atoms with van der Waals surface area (Å²) < 4.78 is 4.88. The molecule has 18 heavy (non-hydrogen) atoms. The molecule has 3 N–H and O–H groups in total. The molecule has 5 nitrogen and oxygen atoms in total. The van der Waals surface area contributed by atoms with E-state index < -0.39 is 0 Å². The van der Waals surface area contributed by atoms with Gasteiger partial charge >= 0.3 is 0 Å². The first kappa shape index (κ1) is 12.3. The number of nitrogens with two attached hydrogens (primary N) is 1. The van der Waals surface area contributed by atoms with Crippen LogP contribution in [0.5, 0.6) is 0 Å². The van der Waals surface area contributed by atoms with Crippen LogP contribution in [0.15, 0.2) is 30.5 Å². The van der Waals surface area contributed by atoms with Gasteiger partial charge < -0.3 is 15.8 Å². The molecular weight excluding hydrogens is 230 g/mol. The Balaban J connectivity index is 2.33. The SMILES string of the molecule is COCCNC(=O)c1nccc2c(N)cccc12. The minimum Gasteiger partial charge on any atom is -0.398 e. The Morgan fingerprint density at radius 1 is 1.39 bits per heavy atom. The third-order valence-corrected chi connectivity index (χ3v) is 2.65. The van der Waals surface area contributed by atoms with Crippen molar-refractivity contribution in [3.8, 4) is 0 Å². The van der Waals surface area contributed by atoms with E-state index in [0.29, 0.717) is 24.5 Å². The average Bonchev–Trinajstić information content (AvgIpc) is 2.39. The number of ether oxygens (including phenoxy) is 1. The number of benzene rings is 1. The van der Waals surface area contributed by atoms with Gasteiger partial charge in [-0.2, -0.15) is 0 Å². The molecule has 94 valence electrons. The lowest BCUT2D eigenvalue weighted by Gasteiger charge is -2.08. The predicted molar refractivity (Wildman–Crippen MR) is 70.4 cm³/mol. The Bertz CT molecular complexity index is 569. The molecule has 1 amide bonds. The molecule has 0 aliphatic heterocycles. The Morgan fingerprint density at radius 2 is 2.22 bits per heavy atom. The van der Waals surface area contributed by atoms with E-state index in [1.807, 2.05) is 12.1 Å². The van der Waals surface area contributed by atoms with E-state index in [0.717, 1.165) is 10.8 Å². The Hall–Kier alpha value is -2.14. The average molecular weight is 245 g/mol. The third kappa shape index (κ3) is 2.41. The Kier molecular flexibility index (Phi) is 3.74. The van der Waals surface area contributed by atoms with Crippen LogP contribution in [0.25, 0.3) is 10.8 Å². The van der Waals surface area contributed by atoms with Crippen LogP contribution in [0.2, 0.25) is 0 Å². The van der Waals surface area contributed by atoms with Gasteiger partial charge in [0.05, 0.1) is 6.61 Å². The van der Waals surface area contributed by atoms with Crippen molar-refractivity contribution < 1.29 is 9.53 Å². The van der Waals surface area contributed by atoms with Crippen molar-refractivity contribution in [2.45, 2.75) is 0 Å². The number of nitrogens with zero attached hydrogens (tertiary/aromatic N) is 1. The van der Waals surface area contributed by atoms with Crippen LogP contribution in [0.3, 0.4) is 0 Å². The van der Waals surface area contributed by atoms with E-state index in [1.54, 1.807) is 25.4 Å². The van der Waals surface area contributed by atoms with Crippen LogP contribution in [0.4, 0.5) is 5.69 Å². The van der Waals surface area contributed by atoms with Gasteiger partial charge in [-0.05, 0) is 12.1 Å². The van der Waals surface area contributed by atoms with Gasteiger partial charge in [0.25, 0.3) is 5.91 Å².